The van der Waals surface area contributed by atoms with Gasteiger partial charge in [-0.3, -0.25) is 9.69 Å². The number of halogens is 3. The van der Waals surface area contributed by atoms with Gasteiger partial charge in [0.1, 0.15) is 40.9 Å². The summed E-state index contributed by atoms with van der Waals surface area (Å²) in [7, 11) is 2.07. The van der Waals surface area contributed by atoms with Gasteiger partial charge in [0.25, 0.3) is 0 Å². The molecule has 1 spiro atoms. The zero-order chi connectivity index (χ0) is 37.0. The van der Waals surface area contributed by atoms with Crippen LogP contribution in [0, 0.1) is 40.7 Å². The molecule has 2 aromatic heterocycles. The molecule has 4 aliphatic heterocycles. The number of aromatic nitrogens is 2. The Morgan fingerprint density at radius 1 is 1.13 bits per heavy atom. The van der Waals surface area contributed by atoms with Crippen LogP contribution in [0.4, 0.5) is 19.6 Å². The van der Waals surface area contributed by atoms with E-state index in [1.807, 2.05) is 4.90 Å². The summed E-state index contributed by atoms with van der Waals surface area (Å²) in [5.74, 6) is 0.706. The molecule has 282 valence electrons. The van der Waals surface area contributed by atoms with Gasteiger partial charge in [-0.2, -0.15) is 15.2 Å². The highest BCUT2D eigenvalue weighted by molar-refractivity contribution is 7.23. The highest BCUT2D eigenvalue weighted by Gasteiger charge is 2.55. The average molecular weight is 776 g/mol. The number of benzene rings is 2. The number of nitriles is 1. The topological polar surface area (TPSA) is 130 Å². The second-order valence-corrected chi connectivity index (χ2v) is 17.3. The molecule has 2 bridgehead atoms. The van der Waals surface area contributed by atoms with Crippen LogP contribution in [0.5, 0.6) is 11.8 Å². The van der Waals surface area contributed by atoms with E-state index in [-0.39, 0.29) is 90.0 Å². The average Bonchev–Trinajstić information content (AvgIpc) is 4.05. The molecular formula is C39H40ClF2N7O4S. The third-order valence-corrected chi connectivity index (χ3v) is 14.1. The van der Waals surface area contributed by atoms with Crippen molar-refractivity contribution in [2.75, 3.05) is 63.7 Å². The van der Waals surface area contributed by atoms with Gasteiger partial charge in [0.05, 0.1) is 46.0 Å². The monoisotopic (exact) mass is 775 g/mol. The van der Waals surface area contributed by atoms with Crippen LogP contribution in [-0.4, -0.2) is 96.4 Å². The number of nitrogens with two attached hydrogens (primary N) is 1. The number of rotatable bonds is 4. The Morgan fingerprint density at radius 3 is 2.76 bits per heavy atom. The minimum atomic E-state index is -0.781. The molecule has 0 radical (unpaired) electrons. The molecule has 2 aliphatic carbocycles. The summed E-state index contributed by atoms with van der Waals surface area (Å²) in [6, 6.07) is 4.80. The van der Waals surface area contributed by atoms with Crippen molar-refractivity contribution < 1.29 is 27.8 Å². The predicted molar refractivity (Wildman–Crippen MR) is 201 cm³/mol. The van der Waals surface area contributed by atoms with Crippen molar-refractivity contribution in [3.05, 3.63) is 34.4 Å². The van der Waals surface area contributed by atoms with E-state index in [0.717, 1.165) is 37.1 Å². The first-order valence-electron chi connectivity index (χ1n) is 18.9. The third-order valence-electron chi connectivity index (χ3n) is 12.7. The van der Waals surface area contributed by atoms with Crippen molar-refractivity contribution in [3.8, 4) is 29.0 Å². The van der Waals surface area contributed by atoms with Crippen molar-refractivity contribution in [2.24, 2.45) is 17.8 Å². The van der Waals surface area contributed by atoms with Crippen molar-refractivity contribution in [2.45, 2.75) is 62.6 Å². The van der Waals surface area contributed by atoms with E-state index in [2.05, 4.69) is 22.9 Å². The smallest absolute Gasteiger partial charge is 0.319 e. The highest BCUT2D eigenvalue weighted by Crippen LogP contribution is 2.56. The maximum absolute atomic E-state index is 17.6. The van der Waals surface area contributed by atoms with E-state index in [0.29, 0.717) is 63.3 Å². The maximum atomic E-state index is 17.6. The number of likely N-dealkylation sites (tertiary alicyclic amines) is 2. The molecule has 54 heavy (non-hydrogen) atoms. The van der Waals surface area contributed by atoms with Crippen LogP contribution in [0.3, 0.4) is 0 Å². The normalized spacial score (nSPS) is 28.3. The van der Waals surface area contributed by atoms with Gasteiger partial charge in [-0.15, -0.1) is 11.3 Å². The molecule has 10 rings (SSSR count). The second-order valence-electron chi connectivity index (χ2n) is 15.9. The molecule has 1 amide bonds. The predicted octanol–water partition coefficient (Wildman–Crippen LogP) is 6.37. The first-order valence-corrected chi connectivity index (χ1v) is 20.1. The van der Waals surface area contributed by atoms with E-state index in [4.69, 9.17) is 41.5 Å². The van der Waals surface area contributed by atoms with Crippen molar-refractivity contribution in [1.82, 2.24) is 19.8 Å². The summed E-state index contributed by atoms with van der Waals surface area (Å²) >= 11 is 8.11. The summed E-state index contributed by atoms with van der Waals surface area (Å²) in [4.78, 5) is 30.1. The molecule has 2 saturated heterocycles. The summed E-state index contributed by atoms with van der Waals surface area (Å²) in [6.45, 7) is 3.21. The van der Waals surface area contributed by atoms with Gasteiger partial charge in [-0.1, -0.05) is 17.7 Å². The Balaban J connectivity index is 1.16. The van der Waals surface area contributed by atoms with Gasteiger partial charge in [0.2, 0.25) is 5.91 Å². The van der Waals surface area contributed by atoms with E-state index in [9.17, 15) is 10.1 Å². The zero-order valence-electron chi connectivity index (χ0n) is 29.9. The Hall–Kier alpha value is -4.03. The number of amides is 1. The lowest BCUT2D eigenvalue weighted by Gasteiger charge is -2.41. The molecule has 4 aromatic rings. The van der Waals surface area contributed by atoms with E-state index in [1.165, 1.54) is 25.0 Å². The Kier molecular flexibility index (Phi) is 8.14. The van der Waals surface area contributed by atoms with Crippen LogP contribution in [0.2, 0.25) is 5.02 Å². The maximum Gasteiger partial charge on any atom is 0.319 e. The molecule has 5 atom stereocenters. The van der Waals surface area contributed by atoms with Gasteiger partial charge < -0.3 is 29.7 Å². The molecule has 3 unspecified atom stereocenters. The number of carbonyl (C=O) groups excluding carboxylic acids is 1. The number of carbonyl (C=O) groups is 1. The quantitative estimate of drug-likeness (QED) is 0.250. The number of nitrogens with zero attached hydrogens (tertiary/aromatic N) is 6. The van der Waals surface area contributed by atoms with Gasteiger partial charge >= 0.3 is 6.01 Å². The molecule has 11 nitrogen and oxygen atoms in total. The molecule has 2 N–H and O–H groups in total. The fourth-order valence-electron chi connectivity index (χ4n) is 9.74. The van der Waals surface area contributed by atoms with E-state index >= 15 is 8.78 Å². The van der Waals surface area contributed by atoms with Crippen LogP contribution in [-0.2, 0) is 9.53 Å². The lowest BCUT2D eigenvalue weighted by molar-refractivity contribution is -0.132. The SMILES string of the molecule is CN1CCC[C@H]1C1CCOCC2(CCN(C(=O)[C@@H]3CC3C3CC3)C2)N2CCOc3c(Cl)c(-c4ccc(F)c5sc(N)c(C#N)c45)c(F)c4nc(nc2c34)O1. The number of fused-ring (bicyclic) bond motifs is 3. The molecule has 4 fully saturated rings. The zero-order valence-corrected chi connectivity index (χ0v) is 31.4. The van der Waals surface area contributed by atoms with Crippen LogP contribution < -0.4 is 20.1 Å². The molecule has 6 heterocycles. The summed E-state index contributed by atoms with van der Waals surface area (Å²) < 4.78 is 52.5. The molecule has 2 aromatic carbocycles. The first-order chi connectivity index (χ1) is 26.2. The highest BCUT2D eigenvalue weighted by atomic mass is 35.5. The van der Waals surface area contributed by atoms with Crippen LogP contribution in [0.15, 0.2) is 12.1 Å². The van der Waals surface area contributed by atoms with E-state index < -0.39 is 17.2 Å². The van der Waals surface area contributed by atoms with Gasteiger partial charge in [0, 0.05) is 42.4 Å². The number of likely N-dealkylation sites (N-methyl/N-ethyl adjacent to an activating group) is 1. The second kappa shape index (κ2) is 12.8. The molecular weight excluding hydrogens is 736 g/mol. The van der Waals surface area contributed by atoms with Gasteiger partial charge in [-0.25, -0.2) is 8.78 Å². The number of thiophene rings is 1. The Labute approximate surface area is 319 Å². The van der Waals surface area contributed by atoms with Crippen molar-refractivity contribution >= 4 is 60.7 Å². The lowest BCUT2D eigenvalue weighted by Crippen LogP contribution is -2.56. The Bertz CT molecular complexity index is 2280. The molecule has 2 saturated carbocycles. The lowest BCUT2D eigenvalue weighted by atomic mass is 9.94. The standard InChI is InChI=1S/C39H40ClF2N7O4S/c1-47-10-2-3-25(47)26-8-13-51-18-39(9-11-48(17-39)37(50)22-15-21(22)19-4-5-19)49-12-14-52-33-29-32(45-38(53-26)46-36(29)49)31(42)28(30(33)40)20-6-7-24(41)34-27(20)23(16-43)35(44)54-34/h6-7,19,21-22,25-26H,2-5,8-15,17-18,44H2,1H3/t21?,22-,25+,26?,39?/m1/s1. The minimum absolute atomic E-state index is 0.0165. The Morgan fingerprint density at radius 2 is 1.98 bits per heavy atom. The van der Waals surface area contributed by atoms with Crippen LogP contribution >= 0.6 is 22.9 Å². The van der Waals surface area contributed by atoms with Crippen LogP contribution in [0.1, 0.15) is 50.5 Å². The number of ether oxygens (including phenoxy) is 3. The molecule has 15 heteroatoms. The molecule has 6 aliphatic rings. The number of nitrogen functional groups attached to an aromatic ring is 1. The summed E-state index contributed by atoms with van der Waals surface area (Å²) in [5, 5.41) is 10.6. The van der Waals surface area contributed by atoms with Crippen LogP contribution in [0.25, 0.3) is 32.1 Å². The van der Waals surface area contributed by atoms with Crippen molar-refractivity contribution in [3.63, 3.8) is 0 Å². The number of hydrogen-bond acceptors (Lipinski definition) is 11. The summed E-state index contributed by atoms with van der Waals surface area (Å²) in [5.41, 5.74) is 5.58. The summed E-state index contributed by atoms with van der Waals surface area (Å²) in [6.07, 6.45) is 6.23. The fraction of sp³-hybridized carbons (Fsp3) is 0.538. The van der Waals surface area contributed by atoms with Gasteiger partial charge in [0.15, 0.2) is 11.6 Å². The fourth-order valence-corrected chi connectivity index (χ4v) is 11.0. The third kappa shape index (κ3) is 5.33. The first kappa shape index (κ1) is 34.5. The number of anilines is 2. The largest absolute Gasteiger partial charge is 0.489 e. The number of hydrogen-bond donors (Lipinski definition) is 1. The van der Waals surface area contributed by atoms with Gasteiger partial charge in [-0.05, 0) is 75.6 Å². The van der Waals surface area contributed by atoms with Crippen molar-refractivity contribution in [1.29, 1.82) is 5.26 Å². The minimum Gasteiger partial charge on any atom is -0.489 e. The van der Waals surface area contributed by atoms with E-state index in [1.54, 1.807) is 0 Å².